The van der Waals surface area contributed by atoms with E-state index in [0.717, 1.165) is 37.8 Å². The Hall–Kier alpha value is -1.15. The summed E-state index contributed by atoms with van der Waals surface area (Å²) < 4.78 is 27.5. The molecule has 1 unspecified atom stereocenters. The Morgan fingerprint density at radius 1 is 1.19 bits per heavy atom. The highest BCUT2D eigenvalue weighted by molar-refractivity contribution is 7.89. The van der Waals surface area contributed by atoms with E-state index in [0.29, 0.717) is 31.1 Å². The molecule has 3 rings (SSSR count). The van der Waals surface area contributed by atoms with Crippen molar-refractivity contribution in [3.8, 4) is 0 Å². The van der Waals surface area contributed by atoms with Crippen LogP contribution in [0.5, 0.6) is 0 Å². The van der Waals surface area contributed by atoms with Crippen molar-refractivity contribution in [2.24, 2.45) is 0 Å². The predicted octanol–water partition coefficient (Wildman–Crippen LogP) is 1.65. The van der Waals surface area contributed by atoms with Gasteiger partial charge in [0.05, 0.1) is 11.4 Å². The summed E-state index contributed by atoms with van der Waals surface area (Å²) in [5.74, 6) is 0.0689. The third kappa shape index (κ3) is 4.57. The zero-order chi connectivity index (χ0) is 17.9. The molecule has 0 spiro atoms. The number of rotatable bonds is 5. The molecule has 1 N–H and O–H groups in total. The number of aryl methyl sites for hydroxylation is 1. The van der Waals surface area contributed by atoms with E-state index >= 15 is 0 Å². The summed E-state index contributed by atoms with van der Waals surface area (Å²) in [7, 11) is -3.50. The molecule has 0 bridgehead atoms. The van der Waals surface area contributed by atoms with Gasteiger partial charge in [-0.2, -0.15) is 4.31 Å². The molecule has 26 heavy (non-hydrogen) atoms. The summed E-state index contributed by atoms with van der Waals surface area (Å²) in [6, 6.07) is 7.20. The Morgan fingerprint density at radius 2 is 1.92 bits per heavy atom. The van der Waals surface area contributed by atoms with Crippen LogP contribution in [0, 0.1) is 0 Å². The SMILES string of the molecule is CCCc1ccc(S(=O)(=O)N2CCCC(N3CCNCC3=O)C2)cc1.Cl. The lowest BCUT2D eigenvalue weighted by Gasteiger charge is -2.40. The second kappa shape index (κ2) is 9.17. The van der Waals surface area contributed by atoms with Gasteiger partial charge in [0.1, 0.15) is 0 Å². The number of piperazine rings is 1. The van der Waals surface area contributed by atoms with Gasteiger partial charge in [0.25, 0.3) is 0 Å². The number of nitrogens with zero attached hydrogens (tertiary/aromatic N) is 2. The second-order valence-electron chi connectivity index (χ2n) is 6.82. The van der Waals surface area contributed by atoms with E-state index < -0.39 is 10.0 Å². The van der Waals surface area contributed by atoms with Crippen LogP contribution in [0.3, 0.4) is 0 Å². The third-order valence-electron chi connectivity index (χ3n) is 5.03. The van der Waals surface area contributed by atoms with Gasteiger partial charge in [0.15, 0.2) is 0 Å². The molecule has 0 aromatic heterocycles. The van der Waals surface area contributed by atoms with Crippen molar-refractivity contribution < 1.29 is 13.2 Å². The monoisotopic (exact) mass is 401 g/mol. The maximum absolute atomic E-state index is 13.0. The second-order valence-corrected chi connectivity index (χ2v) is 8.75. The molecular formula is C18H28ClN3O3S. The van der Waals surface area contributed by atoms with Gasteiger partial charge in [-0.3, -0.25) is 4.79 Å². The van der Waals surface area contributed by atoms with Gasteiger partial charge in [0.2, 0.25) is 15.9 Å². The molecule has 1 atom stereocenters. The smallest absolute Gasteiger partial charge is 0.243 e. The van der Waals surface area contributed by atoms with E-state index in [1.54, 1.807) is 16.4 Å². The van der Waals surface area contributed by atoms with Crippen molar-refractivity contribution in [3.05, 3.63) is 29.8 Å². The van der Waals surface area contributed by atoms with Crippen molar-refractivity contribution in [1.82, 2.24) is 14.5 Å². The van der Waals surface area contributed by atoms with E-state index in [9.17, 15) is 13.2 Å². The normalized spacial score (nSPS) is 22.1. The van der Waals surface area contributed by atoms with Gasteiger partial charge in [-0.05, 0) is 37.0 Å². The zero-order valence-electron chi connectivity index (χ0n) is 15.2. The highest BCUT2D eigenvalue weighted by Crippen LogP contribution is 2.24. The molecule has 2 fully saturated rings. The Morgan fingerprint density at radius 3 is 2.58 bits per heavy atom. The lowest BCUT2D eigenvalue weighted by atomic mass is 10.1. The van der Waals surface area contributed by atoms with Gasteiger partial charge < -0.3 is 10.2 Å². The Bertz CT molecular complexity index is 709. The summed E-state index contributed by atoms with van der Waals surface area (Å²) in [6.45, 7) is 4.80. The van der Waals surface area contributed by atoms with Crippen LogP contribution in [0.4, 0.5) is 0 Å². The van der Waals surface area contributed by atoms with Gasteiger partial charge in [-0.25, -0.2) is 8.42 Å². The molecule has 2 aliphatic heterocycles. The molecule has 1 aromatic rings. The minimum absolute atomic E-state index is 0. The molecule has 1 amide bonds. The molecule has 8 heteroatoms. The molecule has 0 radical (unpaired) electrons. The van der Waals surface area contributed by atoms with Crippen molar-refractivity contribution in [2.45, 2.75) is 43.5 Å². The first kappa shape index (κ1) is 21.2. The predicted molar refractivity (Wildman–Crippen MR) is 104 cm³/mol. The van der Waals surface area contributed by atoms with Crippen LogP contribution >= 0.6 is 12.4 Å². The average Bonchev–Trinajstić information content (AvgIpc) is 2.63. The summed E-state index contributed by atoms with van der Waals surface area (Å²) in [5.41, 5.74) is 1.16. The molecule has 0 saturated carbocycles. The molecule has 6 nitrogen and oxygen atoms in total. The summed E-state index contributed by atoms with van der Waals surface area (Å²) >= 11 is 0. The van der Waals surface area contributed by atoms with Gasteiger partial charge in [-0.1, -0.05) is 25.5 Å². The number of hydrogen-bond donors (Lipinski definition) is 1. The van der Waals surface area contributed by atoms with Crippen molar-refractivity contribution >= 4 is 28.3 Å². The first-order valence-electron chi connectivity index (χ1n) is 9.11. The zero-order valence-corrected chi connectivity index (χ0v) is 16.8. The fourth-order valence-corrected chi connectivity index (χ4v) is 5.18. The van der Waals surface area contributed by atoms with E-state index in [1.807, 2.05) is 17.0 Å². The van der Waals surface area contributed by atoms with Gasteiger partial charge in [0, 0.05) is 32.2 Å². The maximum atomic E-state index is 13.0. The topological polar surface area (TPSA) is 69.7 Å². The van der Waals surface area contributed by atoms with E-state index in [2.05, 4.69) is 12.2 Å². The van der Waals surface area contributed by atoms with Crippen molar-refractivity contribution in [3.63, 3.8) is 0 Å². The van der Waals surface area contributed by atoms with Crippen molar-refractivity contribution in [1.29, 1.82) is 0 Å². The van der Waals surface area contributed by atoms with Crippen LogP contribution in [0.1, 0.15) is 31.7 Å². The number of sulfonamides is 1. The molecule has 146 valence electrons. The Balaban J connectivity index is 0.00000243. The molecule has 2 heterocycles. The number of hydrogen-bond acceptors (Lipinski definition) is 4. The van der Waals surface area contributed by atoms with Crippen LogP contribution in [0.25, 0.3) is 0 Å². The first-order valence-corrected chi connectivity index (χ1v) is 10.6. The molecule has 1 aromatic carbocycles. The molecule has 2 saturated heterocycles. The largest absolute Gasteiger partial charge is 0.336 e. The highest BCUT2D eigenvalue weighted by Gasteiger charge is 2.35. The first-order chi connectivity index (χ1) is 12.0. The fourth-order valence-electron chi connectivity index (χ4n) is 3.67. The number of carbonyl (C=O) groups is 1. The maximum Gasteiger partial charge on any atom is 0.243 e. The van der Waals surface area contributed by atoms with Crippen LogP contribution in [-0.2, 0) is 21.2 Å². The fraction of sp³-hybridized carbons (Fsp3) is 0.611. The Kier molecular flexibility index (Phi) is 7.46. The molecule has 0 aliphatic carbocycles. The Labute approximate surface area is 162 Å². The molecule has 2 aliphatic rings. The standard InChI is InChI=1S/C18H27N3O3S.ClH/c1-2-4-15-6-8-17(9-7-15)25(23,24)20-11-3-5-16(14-20)21-12-10-19-13-18(21)22;/h6-9,16,19H,2-5,10-14H2,1H3;1H. The number of carbonyl (C=O) groups excluding carboxylic acids is 1. The lowest BCUT2D eigenvalue weighted by molar-refractivity contribution is -0.135. The minimum Gasteiger partial charge on any atom is -0.336 e. The van der Waals surface area contributed by atoms with E-state index in [4.69, 9.17) is 0 Å². The highest BCUT2D eigenvalue weighted by atomic mass is 35.5. The van der Waals surface area contributed by atoms with Gasteiger partial charge in [-0.15, -0.1) is 12.4 Å². The van der Waals surface area contributed by atoms with Crippen LogP contribution in [-0.4, -0.2) is 62.3 Å². The number of benzene rings is 1. The summed E-state index contributed by atoms with van der Waals surface area (Å²) in [5, 5.41) is 3.06. The van der Waals surface area contributed by atoms with Gasteiger partial charge >= 0.3 is 0 Å². The van der Waals surface area contributed by atoms with Crippen molar-refractivity contribution in [2.75, 3.05) is 32.7 Å². The summed E-state index contributed by atoms with van der Waals surface area (Å²) in [4.78, 5) is 14.3. The quantitative estimate of drug-likeness (QED) is 0.814. The lowest BCUT2D eigenvalue weighted by Crippen LogP contribution is -2.57. The third-order valence-corrected chi connectivity index (χ3v) is 6.91. The summed E-state index contributed by atoms with van der Waals surface area (Å²) in [6.07, 6.45) is 3.65. The van der Waals surface area contributed by atoms with Crippen LogP contribution in [0.15, 0.2) is 29.2 Å². The minimum atomic E-state index is -3.50. The number of nitrogens with one attached hydrogen (secondary N) is 1. The average molecular weight is 402 g/mol. The van der Waals surface area contributed by atoms with E-state index in [-0.39, 0.29) is 24.4 Å². The number of amides is 1. The van der Waals surface area contributed by atoms with Crippen LogP contribution < -0.4 is 5.32 Å². The molecular weight excluding hydrogens is 374 g/mol. The van der Waals surface area contributed by atoms with Crippen LogP contribution in [0.2, 0.25) is 0 Å². The van der Waals surface area contributed by atoms with E-state index in [1.165, 1.54) is 0 Å². The number of piperidine rings is 1. The number of halogens is 1.